The summed E-state index contributed by atoms with van der Waals surface area (Å²) in [4.78, 5) is 28.0. The lowest BCUT2D eigenvalue weighted by Gasteiger charge is -2.14. The van der Waals surface area contributed by atoms with Crippen molar-refractivity contribution < 1.29 is 14.3 Å². The molecular weight excluding hydrogens is 322 g/mol. The summed E-state index contributed by atoms with van der Waals surface area (Å²) in [6.07, 6.45) is 0.223. The third kappa shape index (κ3) is 3.45. The molecule has 0 aliphatic carbocycles. The van der Waals surface area contributed by atoms with Gasteiger partial charge < -0.3 is 20.6 Å². The number of nitrogen functional groups attached to an aromatic ring is 1. The Hall–Kier alpha value is -3.35. The van der Waals surface area contributed by atoms with E-state index in [0.29, 0.717) is 22.2 Å². The van der Waals surface area contributed by atoms with Crippen LogP contribution in [0.15, 0.2) is 51.7 Å². The molecular formula is C18H17N3O4. The summed E-state index contributed by atoms with van der Waals surface area (Å²) in [6, 6.07) is 11.3. The Morgan fingerprint density at radius 1 is 1.28 bits per heavy atom. The van der Waals surface area contributed by atoms with Gasteiger partial charge in [0, 0.05) is 12.1 Å². The molecule has 0 spiro atoms. The van der Waals surface area contributed by atoms with Gasteiger partial charge in [-0.15, -0.1) is 0 Å². The molecule has 0 saturated heterocycles. The fourth-order valence-electron chi connectivity index (χ4n) is 2.60. The SMILES string of the molecule is Cc1c(N)ccc2nc(N[C@@H](Cc3ccccc3)C(=O)O)oc(=O)c12. The Bertz CT molecular complexity index is 983. The molecule has 25 heavy (non-hydrogen) atoms. The molecule has 0 saturated carbocycles. The molecule has 3 aromatic rings. The van der Waals surface area contributed by atoms with Crippen molar-refractivity contribution in [3.05, 3.63) is 64.0 Å². The standard InChI is InChI=1S/C18H17N3O4/c1-10-12(19)7-8-13-15(10)17(24)25-18(20-13)21-14(16(22)23)9-11-5-3-2-4-6-11/h2-8,14H,9,19H2,1H3,(H,20,21)(H,22,23)/t14-/m0/s1. The van der Waals surface area contributed by atoms with E-state index in [1.165, 1.54) is 0 Å². The summed E-state index contributed by atoms with van der Waals surface area (Å²) in [5, 5.41) is 12.4. The van der Waals surface area contributed by atoms with Crippen LogP contribution in [0.3, 0.4) is 0 Å². The van der Waals surface area contributed by atoms with Crippen molar-refractivity contribution in [1.82, 2.24) is 4.98 Å². The molecule has 0 aliphatic rings. The number of carbonyl (C=O) groups is 1. The summed E-state index contributed by atoms with van der Waals surface area (Å²) in [5.41, 5.74) is 7.48. The van der Waals surface area contributed by atoms with Gasteiger partial charge in [0.2, 0.25) is 0 Å². The molecule has 1 aromatic heterocycles. The number of hydrogen-bond acceptors (Lipinski definition) is 6. The van der Waals surface area contributed by atoms with E-state index in [2.05, 4.69) is 10.3 Å². The van der Waals surface area contributed by atoms with Gasteiger partial charge in [-0.3, -0.25) is 0 Å². The lowest BCUT2D eigenvalue weighted by Crippen LogP contribution is -2.32. The van der Waals surface area contributed by atoms with Crippen LogP contribution in [-0.4, -0.2) is 22.1 Å². The Morgan fingerprint density at radius 3 is 2.68 bits per heavy atom. The number of anilines is 2. The number of aliphatic carboxylic acids is 1. The molecule has 1 heterocycles. The van der Waals surface area contributed by atoms with E-state index in [1.54, 1.807) is 19.1 Å². The summed E-state index contributed by atoms with van der Waals surface area (Å²) >= 11 is 0. The van der Waals surface area contributed by atoms with Crippen LogP contribution in [0.5, 0.6) is 0 Å². The third-order valence-electron chi connectivity index (χ3n) is 3.98. The van der Waals surface area contributed by atoms with E-state index >= 15 is 0 Å². The highest BCUT2D eigenvalue weighted by Gasteiger charge is 2.20. The molecule has 0 bridgehead atoms. The number of aromatic nitrogens is 1. The van der Waals surface area contributed by atoms with Gasteiger partial charge in [-0.2, -0.15) is 4.98 Å². The second kappa shape index (κ2) is 6.64. The van der Waals surface area contributed by atoms with E-state index in [1.807, 2.05) is 30.3 Å². The first-order chi connectivity index (χ1) is 12.0. The second-order valence-corrected chi connectivity index (χ2v) is 5.71. The maximum Gasteiger partial charge on any atom is 0.348 e. The predicted molar refractivity (Wildman–Crippen MR) is 94.6 cm³/mol. The average Bonchev–Trinajstić information content (AvgIpc) is 2.58. The van der Waals surface area contributed by atoms with Gasteiger partial charge in [-0.05, 0) is 30.2 Å². The van der Waals surface area contributed by atoms with Crippen molar-refractivity contribution in [1.29, 1.82) is 0 Å². The maximum absolute atomic E-state index is 12.2. The molecule has 0 unspecified atom stereocenters. The van der Waals surface area contributed by atoms with Gasteiger partial charge in [0.05, 0.1) is 10.9 Å². The number of aryl methyl sites for hydroxylation is 1. The number of benzene rings is 2. The lowest BCUT2D eigenvalue weighted by atomic mass is 10.1. The minimum atomic E-state index is -1.07. The smallest absolute Gasteiger partial charge is 0.348 e. The Balaban J connectivity index is 1.94. The second-order valence-electron chi connectivity index (χ2n) is 5.71. The number of carboxylic acids is 1. The Labute approximate surface area is 143 Å². The third-order valence-corrected chi connectivity index (χ3v) is 3.98. The van der Waals surface area contributed by atoms with E-state index < -0.39 is 17.6 Å². The molecule has 3 rings (SSSR count). The first kappa shape index (κ1) is 16.5. The minimum Gasteiger partial charge on any atom is -0.480 e. The molecule has 7 nitrogen and oxygen atoms in total. The van der Waals surface area contributed by atoms with Crippen molar-refractivity contribution in [3.63, 3.8) is 0 Å². The van der Waals surface area contributed by atoms with Crippen LogP contribution in [0, 0.1) is 6.92 Å². The molecule has 128 valence electrons. The first-order valence-electron chi connectivity index (χ1n) is 7.69. The van der Waals surface area contributed by atoms with Crippen LogP contribution in [0.25, 0.3) is 10.9 Å². The lowest BCUT2D eigenvalue weighted by molar-refractivity contribution is -0.137. The number of rotatable bonds is 5. The zero-order valence-electron chi connectivity index (χ0n) is 13.5. The molecule has 0 amide bonds. The van der Waals surface area contributed by atoms with Crippen molar-refractivity contribution in [3.8, 4) is 0 Å². The quantitative estimate of drug-likeness (QED) is 0.610. The van der Waals surface area contributed by atoms with Crippen molar-refractivity contribution >= 4 is 28.6 Å². The van der Waals surface area contributed by atoms with Crippen LogP contribution in [-0.2, 0) is 11.2 Å². The number of nitrogens with two attached hydrogens (primary N) is 1. The highest BCUT2D eigenvalue weighted by molar-refractivity contribution is 5.86. The van der Waals surface area contributed by atoms with Gasteiger partial charge in [-0.1, -0.05) is 30.3 Å². The Morgan fingerprint density at radius 2 is 2.00 bits per heavy atom. The number of fused-ring (bicyclic) bond motifs is 1. The maximum atomic E-state index is 12.2. The summed E-state index contributed by atoms with van der Waals surface area (Å²) in [7, 11) is 0. The molecule has 7 heteroatoms. The number of carboxylic acid groups (broad SMARTS) is 1. The predicted octanol–water partition coefficient (Wildman–Crippen LogP) is 2.19. The van der Waals surface area contributed by atoms with E-state index in [4.69, 9.17) is 10.2 Å². The number of hydrogen-bond donors (Lipinski definition) is 3. The van der Waals surface area contributed by atoms with Crippen LogP contribution < -0.4 is 16.7 Å². The fourth-order valence-corrected chi connectivity index (χ4v) is 2.60. The Kier molecular flexibility index (Phi) is 4.38. The van der Waals surface area contributed by atoms with Gasteiger partial charge in [0.1, 0.15) is 6.04 Å². The highest BCUT2D eigenvalue weighted by Crippen LogP contribution is 2.21. The summed E-state index contributed by atoms with van der Waals surface area (Å²) < 4.78 is 5.15. The van der Waals surface area contributed by atoms with Gasteiger partial charge in [-0.25, -0.2) is 9.59 Å². The highest BCUT2D eigenvalue weighted by atomic mass is 16.4. The van der Waals surface area contributed by atoms with E-state index in [-0.39, 0.29) is 12.4 Å². The van der Waals surface area contributed by atoms with Crippen molar-refractivity contribution in [2.75, 3.05) is 11.1 Å². The van der Waals surface area contributed by atoms with Crippen LogP contribution in [0.2, 0.25) is 0 Å². The zero-order valence-corrected chi connectivity index (χ0v) is 13.5. The average molecular weight is 339 g/mol. The zero-order chi connectivity index (χ0) is 18.0. The molecule has 0 radical (unpaired) electrons. The topological polar surface area (TPSA) is 118 Å². The fraction of sp³-hybridized carbons (Fsp3) is 0.167. The summed E-state index contributed by atoms with van der Waals surface area (Å²) in [5.74, 6) is -1.07. The van der Waals surface area contributed by atoms with Crippen LogP contribution >= 0.6 is 0 Å². The van der Waals surface area contributed by atoms with Crippen LogP contribution in [0.4, 0.5) is 11.7 Å². The van der Waals surface area contributed by atoms with E-state index in [0.717, 1.165) is 5.56 Å². The molecule has 0 fully saturated rings. The van der Waals surface area contributed by atoms with Gasteiger partial charge in [0.15, 0.2) is 0 Å². The summed E-state index contributed by atoms with van der Waals surface area (Å²) in [6.45, 7) is 1.71. The van der Waals surface area contributed by atoms with Gasteiger partial charge in [0.25, 0.3) is 6.01 Å². The number of nitrogens with one attached hydrogen (secondary N) is 1. The normalized spacial score (nSPS) is 12.0. The molecule has 2 aromatic carbocycles. The largest absolute Gasteiger partial charge is 0.480 e. The van der Waals surface area contributed by atoms with Crippen molar-refractivity contribution in [2.45, 2.75) is 19.4 Å². The molecule has 0 aliphatic heterocycles. The first-order valence-corrected chi connectivity index (χ1v) is 7.69. The number of nitrogens with zero attached hydrogens (tertiary/aromatic N) is 1. The monoisotopic (exact) mass is 339 g/mol. The van der Waals surface area contributed by atoms with E-state index in [9.17, 15) is 14.7 Å². The molecule has 1 atom stereocenters. The van der Waals surface area contributed by atoms with Crippen molar-refractivity contribution in [2.24, 2.45) is 0 Å². The van der Waals surface area contributed by atoms with Gasteiger partial charge >= 0.3 is 11.6 Å². The van der Waals surface area contributed by atoms with Crippen LogP contribution in [0.1, 0.15) is 11.1 Å². The minimum absolute atomic E-state index is 0.134. The molecule has 4 N–H and O–H groups in total.